The molecule has 0 radical (unpaired) electrons. The summed E-state index contributed by atoms with van der Waals surface area (Å²) in [5, 5.41) is 4.36. The zero-order valence-corrected chi connectivity index (χ0v) is 17.1. The maximum absolute atomic E-state index is 12.9. The first-order chi connectivity index (χ1) is 14.1. The smallest absolute Gasteiger partial charge is 0.268 e. The van der Waals surface area contributed by atoms with Crippen molar-refractivity contribution >= 4 is 28.4 Å². The molecule has 1 aromatic heterocycles. The molecule has 0 spiro atoms. The second kappa shape index (κ2) is 7.75. The fourth-order valence-electron chi connectivity index (χ4n) is 3.61. The van der Waals surface area contributed by atoms with Gasteiger partial charge >= 0.3 is 0 Å². The summed E-state index contributed by atoms with van der Waals surface area (Å²) in [5.41, 5.74) is 2.22. The average Bonchev–Trinajstić information content (AvgIpc) is 3.15. The SMILES string of the molecule is COc1cc(CNC(=O)c2cc3c(Cl)ccc4c3n2CCO4)cc(OC)c1OC. The van der Waals surface area contributed by atoms with Gasteiger partial charge in [0.25, 0.3) is 5.91 Å². The molecule has 0 saturated heterocycles. The molecular formula is C21H21ClN2O5. The summed E-state index contributed by atoms with van der Waals surface area (Å²) in [6.45, 7) is 1.39. The summed E-state index contributed by atoms with van der Waals surface area (Å²) in [6.07, 6.45) is 0. The number of halogens is 1. The number of ether oxygens (including phenoxy) is 4. The highest BCUT2D eigenvalue weighted by Crippen LogP contribution is 2.38. The molecule has 0 fully saturated rings. The monoisotopic (exact) mass is 416 g/mol. The lowest BCUT2D eigenvalue weighted by molar-refractivity contribution is 0.0940. The zero-order valence-electron chi connectivity index (χ0n) is 16.4. The molecule has 1 aliphatic rings. The number of carbonyl (C=O) groups excluding carboxylic acids is 1. The van der Waals surface area contributed by atoms with E-state index in [1.54, 1.807) is 33.5 Å². The number of carbonyl (C=O) groups is 1. The molecule has 0 atom stereocenters. The Hall–Kier alpha value is -3.06. The molecule has 2 aromatic carbocycles. The van der Waals surface area contributed by atoms with E-state index >= 15 is 0 Å². The van der Waals surface area contributed by atoms with Crippen LogP contribution in [0.4, 0.5) is 0 Å². The Morgan fingerprint density at radius 1 is 1.14 bits per heavy atom. The van der Waals surface area contributed by atoms with Crippen LogP contribution in [0.15, 0.2) is 30.3 Å². The fourth-order valence-corrected chi connectivity index (χ4v) is 3.82. The van der Waals surface area contributed by atoms with Gasteiger partial charge in [-0.25, -0.2) is 0 Å². The minimum atomic E-state index is -0.195. The Morgan fingerprint density at radius 2 is 1.86 bits per heavy atom. The Bertz CT molecular complexity index is 1070. The van der Waals surface area contributed by atoms with Crippen LogP contribution in [-0.4, -0.2) is 38.4 Å². The Labute approximate surface area is 173 Å². The van der Waals surface area contributed by atoms with Crippen LogP contribution in [0.25, 0.3) is 10.9 Å². The predicted octanol–water partition coefficient (Wildman–Crippen LogP) is 3.64. The van der Waals surface area contributed by atoms with Crippen LogP contribution in [-0.2, 0) is 13.1 Å². The van der Waals surface area contributed by atoms with Crippen molar-refractivity contribution in [3.05, 3.63) is 46.6 Å². The summed E-state index contributed by atoms with van der Waals surface area (Å²) < 4.78 is 23.7. The third-order valence-electron chi connectivity index (χ3n) is 4.95. The minimum absolute atomic E-state index is 0.195. The van der Waals surface area contributed by atoms with Gasteiger partial charge in [-0.15, -0.1) is 0 Å². The van der Waals surface area contributed by atoms with Gasteiger partial charge in [-0.2, -0.15) is 0 Å². The van der Waals surface area contributed by atoms with Crippen molar-refractivity contribution in [2.24, 2.45) is 0 Å². The number of amides is 1. The molecule has 29 heavy (non-hydrogen) atoms. The highest BCUT2D eigenvalue weighted by Gasteiger charge is 2.23. The van der Waals surface area contributed by atoms with Gasteiger partial charge in [0.05, 0.1) is 38.4 Å². The van der Waals surface area contributed by atoms with Gasteiger partial charge in [-0.05, 0) is 35.9 Å². The number of hydrogen-bond acceptors (Lipinski definition) is 5. The second-order valence-electron chi connectivity index (χ2n) is 6.55. The van der Waals surface area contributed by atoms with Gasteiger partial charge in [0, 0.05) is 11.9 Å². The van der Waals surface area contributed by atoms with E-state index < -0.39 is 0 Å². The molecule has 0 saturated carbocycles. The molecule has 1 aliphatic heterocycles. The first-order valence-electron chi connectivity index (χ1n) is 9.09. The van der Waals surface area contributed by atoms with E-state index in [-0.39, 0.29) is 5.91 Å². The van der Waals surface area contributed by atoms with E-state index in [4.69, 9.17) is 30.5 Å². The maximum Gasteiger partial charge on any atom is 0.268 e. The lowest BCUT2D eigenvalue weighted by Gasteiger charge is -2.19. The number of methoxy groups -OCH3 is 3. The fraction of sp³-hybridized carbons (Fsp3) is 0.286. The Kier molecular flexibility index (Phi) is 5.15. The predicted molar refractivity (Wildman–Crippen MR) is 110 cm³/mol. The van der Waals surface area contributed by atoms with E-state index in [0.29, 0.717) is 47.7 Å². The molecule has 0 unspecified atom stereocenters. The summed E-state index contributed by atoms with van der Waals surface area (Å²) in [5.74, 6) is 2.12. The van der Waals surface area contributed by atoms with E-state index in [1.807, 2.05) is 22.8 Å². The maximum atomic E-state index is 12.9. The van der Waals surface area contributed by atoms with Gasteiger partial charge in [0.1, 0.15) is 18.1 Å². The lowest BCUT2D eigenvalue weighted by Crippen LogP contribution is -2.27. The van der Waals surface area contributed by atoms with E-state index in [1.165, 1.54) is 0 Å². The highest BCUT2D eigenvalue weighted by atomic mass is 35.5. The zero-order chi connectivity index (χ0) is 20.5. The average molecular weight is 417 g/mol. The van der Waals surface area contributed by atoms with Gasteiger partial charge in [0.2, 0.25) is 5.75 Å². The third kappa shape index (κ3) is 3.31. The number of rotatable bonds is 6. The van der Waals surface area contributed by atoms with Crippen molar-refractivity contribution in [2.75, 3.05) is 27.9 Å². The molecule has 3 aromatic rings. The minimum Gasteiger partial charge on any atom is -0.493 e. The molecule has 7 nitrogen and oxygen atoms in total. The van der Waals surface area contributed by atoms with Crippen molar-refractivity contribution in [3.8, 4) is 23.0 Å². The second-order valence-corrected chi connectivity index (χ2v) is 6.96. The van der Waals surface area contributed by atoms with E-state index in [0.717, 1.165) is 22.2 Å². The van der Waals surface area contributed by atoms with Crippen LogP contribution in [0.2, 0.25) is 5.02 Å². The van der Waals surface area contributed by atoms with Crippen molar-refractivity contribution in [3.63, 3.8) is 0 Å². The molecule has 2 heterocycles. The van der Waals surface area contributed by atoms with Crippen LogP contribution < -0.4 is 24.3 Å². The first kappa shape index (κ1) is 19.3. The number of nitrogens with zero attached hydrogens (tertiary/aromatic N) is 1. The molecule has 1 N–H and O–H groups in total. The molecular weight excluding hydrogens is 396 g/mol. The number of hydrogen-bond donors (Lipinski definition) is 1. The first-order valence-corrected chi connectivity index (χ1v) is 9.46. The summed E-state index contributed by atoms with van der Waals surface area (Å²) in [4.78, 5) is 12.9. The topological polar surface area (TPSA) is 71.0 Å². The van der Waals surface area contributed by atoms with Crippen LogP contribution in [0.1, 0.15) is 16.1 Å². The van der Waals surface area contributed by atoms with Crippen LogP contribution >= 0.6 is 11.6 Å². The van der Waals surface area contributed by atoms with Crippen molar-refractivity contribution in [2.45, 2.75) is 13.1 Å². The van der Waals surface area contributed by atoms with Gasteiger partial charge < -0.3 is 28.8 Å². The number of nitrogens with one attached hydrogen (secondary N) is 1. The van der Waals surface area contributed by atoms with E-state index in [2.05, 4.69) is 5.32 Å². The summed E-state index contributed by atoms with van der Waals surface area (Å²) in [6, 6.07) is 9.04. The lowest BCUT2D eigenvalue weighted by atomic mass is 10.1. The molecule has 8 heteroatoms. The van der Waals surface area contributed by atoms with E-state index in [9.17, 15) is 4.79 Å². The standard InChI is InChI=1S/C21H21ClN2O5/c1-26-17-8-12(9-18(27-2)20(17)28-3)11-23-21(25)15-10-13-14(22)4-5-16-19(13)24(15)6-7-29-16/h4-5,8-10H,6-7,11H2,1-3H3,(H,23,25). The molecule has 1 amide bonds. The van der Waals surface area contributed by atoms with Crippen LogP contribution in [0, 0.1) is 0 Å². The third-order valence-corrected chi connectivity index (χ3v) is 5.28. The number of benzene rings is 2. The normalized spacial score (nSPS) is 12.4. The summed E-state index contributed by atoms with van der Waals surface area (Å²) in [7, 11) is 4.66. The van der Waals surface area contributed by atoms with Gasteiger partial charge in [0.15, 0.2) is 11.5 Å². The Balaban J connectivity index is 1.62. The molecule has 4 rings (SSSR count). The quantitative estimate of drug-likeness (QED) is 0.664. The van der Waals surface area contributed by atoms with Crippen molar-refractivity contribution in [1.29, 1.82) is 0 Å². The van der Waals surface area contributed by atoms with Crippen LogP contribution in [0.3, 0.4) is 0 Å². The highest BCUT2D eigenvalue weighted by molar-refractivity contribution is 6.36. The molecule has 152 valence electrons. The van der Waals surface area contributed by atoms with Crippen LogP contribution in [0.5, 0.6) is 23.0 Å². The van der Waals surface area contributed by atoms with Crippen molar-refractivity contribution < 1.29 is 23.7 Å². The Morgan fingerprint density at radius 3 is 2.52 bits per heavy atom. The molecule has 0 bridgehead atoms. The summed E-state index contributed by atoms with van der Waals surface area (Å²) >= 11 is 6.33. The molecule has 0 aliphatic carbocycles. The van der Waals surface area contributed by atoms with Crippen molar-refractivity contribution in [1.82, 2.24) is 9.88 Å². The van der Waals surface area contributed by atoms with Gasteiger partial charge in [-0.1, -0.05) is 11.6 Å². The van der Waals surface area contributed by atoms with Gasteiger partial charge in [-0.3, -0.25) is 4.79 Å². The largest absolute Gasteiger partial charge is 0.493 e. The number of aromatic nitrogens is 1.